The first-order valence-corrected chi connectivity index (χ1v) is 6.70. The highest BCUT2D eigenvalue weighted by atomic mass is 32.1. The molecule has 0 aliphatic heterocycles. The molecule has 1 aromatic carbocycles. The van der Waals surface area contributed by atoms with Crippen molar-refractivity contribution in [2.75, 3.05) is 7.11 Å². The summed E-state index contributed by atoms with van der Waals surface area (Å²) in [6.07, 6.45) is -4.63. The van der Waals surface area contributed by atoms with Crippen molar-refractivity contribution < 1.29 is 22.7 Å². The van der Waals surface area contributed by atoms with Crippen LogP contribution in [0.3, 0.4) is 0 Å². The molecule has 3 aromatic rings. The first-order valence-electron chi connectivity index (χ1n) is 5.88. The van der Waals surface area contributed by atoms with Crippen LogP contribution in [0, 0.1) is 0 Å². The lowest BCUT2D eigenvalue weighted by atomic mass is 10.1. The van der Waals surface area contributed by atoms with E-state index in [4.69, 9.17) is 0 Å². The fraction of sp³-hybridized carbons (Fsp3) is 0.167. The number of nitrogens with zero attached hydrogens (tertiary/aromatic N) is 4. The Labute approximate surface area is 125 Å². The van der Waals surface area contributed by atoms with Crippen LogP contribution < -0.4 is 0 Å². The fourth-order valence-corrected chi connectivity index (χ4v) is 2.62. The van der Waals surface area contributed by atoms with E-state index in [9.17, 15) is 18.0 Å². The number of rotatable bonds is 2. The molecule has 0 atom stereocenters. The second-order valence-corrected chi connectivity index (χ2v) is 5.15. The van der Waals surface area contributed by atoms with Gasteiger partial charge >= 0.3 is 12.1 Å². The number of aromatic nitrogens is 4. The summed E-state index contributed by atoms with van der Waals surface area (Å²) in [7, 11) is 1.26. The minimum atomic E-state index is -4.63. The number of fused-ring (bicyclic) bond motifs is 1. The zero-order valence-corrected chi connectivity index (χ0v) is 11.8. The molecule has 6 nitrogen and oxygen atoms in total. The third kappa shape index (κ3) is 2.41. The molecule has 114 valence electrons. The van der Waals surface area contributed by atoms with Crippen LogP contribution in [0.5, 0.6) is 0 Å². The topological polar surface area (TPSA) is 69.4 Å². The molecule has 0 unspecified atom stereocenters. The largest absolute Gasteiger partial charge is 0.465 e. The standard InChI is InChI=1S/C12H7F3N4O2S/c1-21-9(20)7-4-2-6(3-5-7)8-18-19-10(12(13,14)15)16-17-11(19)22-8/h2-5H,1H3. The molecular formula is C12H7F3N4O2S. The van der Waals surface area contributed by atoms with Gasteiger partial charge in [-0.3, -0.25) is 0 Å². The van der Waals surface area contributed by atoms with Gasteiger partial charge in [0, 0.05) is 5.56 Å². The smallest absolute Gasteiger partial charge is 0.453 e. The third-order valence-corrected chi connectivity index (χ3v) is 3.75. The summed E-state index contributed by atoms with van der Waals surface area (Å²) in [5.74, 6) is -1.67. The van der Waals surface area contributed by atoms with Gasteiger partial charge in [-0.1, -0.05) is 23.5 Å². The molecule has 0 aliphatic rings. The average molecular weight is 328 g/mol. The molecule has 3 rings (SSSR count). The summed E-state index contributed by atoms with van der Waals surface area (Å²) in [4.78, 5) is 11.4. The fourth-order valence-electron chi connectivity index (χ4n) is 1.78. The van der Waals surface area contributed by atoms with E-state index in [2.05, 4.69) is 20.0 Å². The highest BCUT2D eigenvalue weighted by molar-refractivity contribution is 7.19. The van der Waals surface area contributed by atoms with Gasteiger partial charge in [0.25, 0.3) is 5.82 Å². The maximum Gasteiger partial charge on any atom is 0.453 e. The van der Waals surface area contributed by atoms with Gasteiger partial charge in [-0.05, 0) is 12.1 Å². The van der Waals surface area contributed by atoms with E-state index in [1.165, 1.54) is 19.2 Å². The molecule has 10 heteroatoms. The molecule has 0 bridgehead atoms. The third-order valence-electron chi connectivity index (χ3n) is 2.80. The Morgan fingerprint density at radius 3 is 2.50 bits per heavy atom. The van der Waals surface area contributed by atoms with E-state index in [1.807, 2.05) is 0 Å². The van der Waals surface area contributed by atoms with Crippen molar-refractivity contribution >= 4 is 22.3 Å². The lowest BCUT2D eigenvalue weighted by Crippen LogP contribution is -2.11. The molecule has 2 aromatic heterocycles. The summed E-state index contributed by atoms with van der Waals surface area (Å²) < 4.78 is 43.4. The first kappa shape index (κ1) is 14.4. The number of methoxy groups -OCH3 is 1. The van der Waals surface area contributed by atoms with Gasteiger partial charge in [0.05, 0.1) is 12.7 Å². The predicted octanol–water partition coefficient (Wildman–Crippen LogP) is 2.66. The Bertz CT molecular complexity index is 838. The van der Waals surface area contributed by atoms with Crippen LogP contribution >= 0.6 is 11.3 Å². The lowest BCUT2D eigenvalue weighted by molar-refractivity contribution is -0.146. The molecule has 0 aliphatic carbocycles. The molecule has 0 N–H and O–H groups in total. The van der Waals surface area contributed by atoms with Gasteiger partial charge in [-0.25, -0.2) is 4.79 Å². The van der Waals surface area contributed by atoms with Crippen LogP contribution in [0.15, 0.2) is 24.3 Å². The predicted molar refractivity (Wildman–Crippen MR) is 70.4 cm³/mol. The molecular weight excluding hydrogens is 321 g/mol. The minimum Gasteiger partial charge on any atom is -0.465 e. The van der Waals surface area contributed by atoms with Crippen LogP contribution in [0.25, 0.3) is 15.5 Å². The van der Waals surface area contributed by atoms with Gasteiger partial charge in [0.15, 0.2) is 0 Å². The number of alkyl halides is 3. The Kier molecular flexibility index (Phi) is 3.32. The van der Waals surface area contributed by atoms with Crippen LogP contribution in [0.4, 0.5) is 13.2 Å². The SMILES string of the molecule is COC(=O)c1ccc(-c2nn3c(C(F)(F)F)nnc3s2)cc1. The van der Waals surface area contributed by atoms with Crippen LogP contribution in [0.2, 0.25) is 0 Å². The highest BCUT2D eigenvalue weighted by Crippen LogP contribution is 2.31. The Morgan fingerprint density at radius 2 is 1.91 bits per heavy atom. The molecule has 0 fully saturated rings. The van der Waals surface area contributed by atoms with E-state index in [0.29, 0.717) is 20.6 Å². The zero-order valence-electron chi connectivity index (χ0n) is 11.0. The van der Waals surface area contributed by atoms with Gasteiger partial charge in [0.2, 0.25) is 4.96 Å². The number of carbonyl (C=O) groups is 1. The summed E-state index contributed by atoms with van der Waals surface area (Å²) in [6, 6.07) is 6.17. The summed E-state index contributed by atoms with van der Waals surface area (Å²) in [5, 5.41) is 10.8. The first-order chi connectivity index (χ1) is 10.4. The Morgan fingerprint density at radius 1 is 1.23 bits per heavy atom. The summed E-state index contributed by atoms with van der Waals surface area (Å²) >= 11 is 0.969. The summed E-state index contributed by atoms with van der Waals surface area (Å²) in [5.41, 5.74) is 0.904. The van der Waals surface area contributed by atoms with E-state index < -0.39 is 18.0 Å². The van der Waals surface area contributed by atoms with Crippen molar-refractivity contribution in [3.8, 4) is 10.6 Å². The maximum atomic E-state index is 12.7. The number of esters is 1. The van der Waals surface area contributed by atoms with E-state index >= 15 is 0 Å². The second-order valence-electron chi connectivity index (χ2n) is 4.19. The van der Waals surface area contributed by atoms with Crippen molar-refractivity contribution in [3.05, 3.63) is 35.7 Å². The monoisotopic (exact) mass is 328 g/mol. The highest BCUT2D eigenvalue weighted by Gasteiger charge is 2.38. The number of hydrogen-bond acceptors (Lipinski definition) is 6. The lowest BCUT2D eigenvalue weighted by Gasteiger charge is -2.01. The molecule has 0 saturated carbocycles. The molecule has 0 saturated heterocycles. The molecule has 0 radical (unpaired) electrons. The van der Waals surface area contributed by atoms with Crippen LogP contribution in [0.1, 0.15) is 16.2 Å². The zero-order chi connectivity index (χ0) is 15.9. The van der Waals surface area contributed by atoms with E-state index in [1.54, 1.807) is 12.1 Å². The normalized spacial score (nSPS) is 11.8. The van der Waals surface area contributed by atoms with Crippen molar-refractivity contribution in [1.82, 2.24) is 19.8 Å². The van der Waals surface area contributed by atoms with Crippen molar-refractivity contribution in [1.29, 1.82) is 0 Å². The number of ether oxygens (including phenoxy) is 1. The van der Waals surface area contributed by atoms with Gasteiger partial charge in [-0.2, -0.15) is 22.8 Å². The van der Waals surface area contributed by atoms with E-state index in [0.717, 1.165) is 11.3 Å². The van der Waals surface area contributed by atoms with Crippen LogP contribution in [-0.4, -0.2) is 32.9 Å². The maximum absolute atomic E-state index is 12.7. The average Bonchev–Trinajstić information content (AvgIpc) is 3.05. The van der Waals surface area contributed by atoms with E-state index in [-0.39, 0.29) is 4.96 Å². The number of halogens is 3. The van der Waals surface area contributed by atoms with Crippen LogP contribution in [-0.2, 0) is 10.9 Å². The number of carbonyl (C=O) groups excluding carboxylic acids is 1. The molecule has 2 heterocycles. The summed E-state index contributed by atoms with van der Waals surface area (Å²) in [6.45, 7) is 0. The number of hydrogen-bond donors (Lipinski definition) is 0. The molecule has 0 amide bonds. The van der Waals surface area contributed by atoms with Gasteiger partial charge in [-0.15, -0.1) is 10.2 Å². The van der Waals surface area contributed by atoms with Crippen molar-refractivity contribution in [2.24, 2.45) is 0 Å². The number of benzene rings is 1. The second kappa shape index (κ2) is 5.05. The van der Waals surface area contributed by atoms with Crippen molar-refractivity contribution in [3.63, 3.8) is 0 Å². The molecule has 0 spiro atoms. The Hall–Kier alpha value is -2.49. The van der Waals surface area contributed by atoms with Gasteiger partial charge < -0.3 is 4.74 Å². The van der Waals surface area contributed by atoms with Gasteiger partial charge in [0.1, 0.15) is 5.01 Å². The van der Waals surface area contributed by atoms with Crippen molar-refractivity contribution in [2.45, 2.75) is 6.18 Å². The molecule has 22 heavy (non-hydrogen) atoms. The Balaban J connectivity index is 2.00. The quantitative estimate of drug-likeness (QED) is 0.677. The minimum absolute atomic E-state index is 0.0411.